The van der Waals surface area contributed by atoms with Crippen LogP contribution in [0.5, 0.6) is 0 Å². The number of aliphatic hydroxyl groups excluding tert-OH is 1. The lowest BCUT2D eigenvalue weighted by molar-refractivity contribution is -0.150. The van der Waals surface area contributed by atoms with E-state index in [1.807, 2.05) is 0 Å². The zero-order valence-corrected chi connectivity index (χ0v) is 55.9. The minimum Gasteiger partial charge on any atom is -0.469 e. The van der Waals surface area contributed by atoms with Crippen molar-refractivity contribution >= 4 is 11.9 Å². The number of carbonyl (C=O) groups excluding carboxylic acids is 2. The molecular formula is C76H148O5. The monoisotopic (exact) mass is 1140 g/mol. The van der Waals surface area contributed by atoms with E-state index < -0.39 is 6.10 Å². The molecule has 0 fully saturated rings. The third-order valence-electron chi connectivity index (χ3n) is 18.2. The topological polar surface area (TPSA) is 72.8 Å². The SMILES string of the molecule is CCCCCCCCCCCCCCCCCCCCC(C(=O)OC)C(O)CCCCCCCCCCCCCCCCCCCC=CCCCCCCCCCCCCC(=O)OC(C)CCCCCCCCCCCCCCCC. The first-order valence-electron chi connectivity index (χ1n) is 37.6. The maximum absolute atomic E-state index is 12.5. The van der Waals surface area contributed by atoms with Crippen LogP contribution in [0.2, 0.25) is 0 Å². The molecule has 0 saturated heterocycles. The zero-order valence-electron chi connectivity index (χ0n) is 55.9. The molecule has 0 bridgehead atoms. The summed E-state index contributed by atoms with van der Waals surface area (Å²) in [6.45, 7) is 6.67. The van der Waals surface area contributed by atoms with Gasteiger partial charge in [0.05, 0.1) is 25.2 Å². The Labute approximate surface area is 509 Å². The van der Waals surface area contributed by atoms with Crippen LogP contribution in [-0.2, 0) is 19.1 Å². The van der Waals surface area contributed by atoms with Gasteiger partial charge in [-0.15, -0.1) is 0 Å². The molecule has 0 radical (unpaired) electrons. The number of hydrogen-bond acceptors (Lipinski definition) is 5. The van der Waals surface area contributed by atoms with Crippen LogP contribution in [0.25, 0.3) is 0 Å². The highest BCUT2D eigenvalue weighted by Gasteiger charge is 2.26. The standard InChI is InChI=1S/C76H148O5/c1-5-7-9-11-13-15-17-19-21-22-38-41-45-49-53-57-61-65-69-73(76(79)80-4)74(77)70-66-62-58-54-50-46-42-39-36-34-32-30-28-26-24-23-25-27-29-31-33-35-37-40-43-47-51-55-59-63-67-71-75(78)81-72(3)68-64-60-56-52-48-44-20-18-16-14-12-10-8-6-2/h29,31,72-74,77H,5-28,30,32-71H2,1-4H3. The van der Waals surface area contributed by atoms with E-state index in [9.17, 15) is 14.7 Å². The number of aliphatic hydroxyl groups is 1. The molecule has 0 aromatic carbocycles. The fourth-order valence-corrected chi connectivity index (χ4v) is 12.5. The van der Waals surface area contributed by atoms with Gasteiger partial charge in [-0.1, -0.05) is 379 Å². The minimum atomic E-state index is -0.559. The van der Waals surface area contributed by atoms with E-state index in [4.69, 9.17) is 9.47 Å². The second-order valence-electron chi connectivity index (χ2n) is 26.3. The molecule has 5 nitrogen and oxygen atoms in total. The van der Waals surface area contributed by atoms with Crippen LogP contribution in [0, 0.1) is 5.92 Å². The molecule has 0 aliphatic carbocycles. The third kappa shape index (κ3) is 64.5. The number of rotatable bonds is 70. The van der Waals surface area contributed by atoms with Crippen molar-refractivity contribution in [2.24, 2.45) is 5.92 Å². The van der Waals surface area contributed by atoms with Crippen LogP contribution in [0.15, 0.2) is 12.2 Å². The van der Waals surface area contributed by atoms with E-state index in [2.05, 4.69) is 32.9 Å². The predicted molar refractivity (Wildman–Crippen MR) is 358 cm³/mol. The quantitative estimate of drug-likeness (QED) is 0.0373. The smallest absolute Gasteiger partial charge is 0.311 e. The highest BCUT2D eigenvalue weighted by Crippen LogP contribution is 2.23. The molecule has 81 heavy (non-hydrogen) atoms. The van der Waals surface area contributed by atoms with Crippen molar-refractivity contribution in [3.05, 3.63) is 12.2 Å². The Morgan fingerprint density at radius 3 is 0.840 bits per heavy atom. The summed E-state index contributed by atoms with van der Waals surface area (Å²) >= 11 is 0. The van der Waals surface area contributed by atoms with Crippen molar-refractivity contribution in [3.63, 3.8) is 0 Å². The Bertz CT molecular complexity index is 1230. The number of allylic oxidation sites excluding steroid dienone is 2. The molecule has 0 spiro atoms. The van der Waals surface area contributed by atoms with Crippen molar-refractivity contribution < 1.29 is 24.2 Å². The van der Waals surface area contributed by atoms with E-state index >= 15 is 0 Å². The second kappa shape index (κ2) is 69.4. The van der Waals surface area contributed by atoms with Crippen LogP contribution >= 0.6 is 0 Å². The largest absolute Gasteiger partial charge is 0.469 e. The lowest BCUT2D eigenvalue weighted by Crippen LogP contribution is -2.29. The average molecular weight is 1140 g/mol. The van der Waals surface area contributed by atoms with Gasteiger partial charge < -0.3 is 14.6 Å². The molecule has 0 saturated carbocycles. The van der Waals surface area contributed by atoms with Crippen LogP contribution in [0.3, 0.4) is 0 Å². The number of methoxy groups -OCH3 is 1. The lowest BCUT2D eigenvalue weighted by Gasteiger charge is -2.20. The summed E-state index contributed by atoms with van der Waals surface area (Å²) < 4.78 is 10.8. The molecule has 0 heterocycles. The van der Waals surface area contributed by atoms with E-state index in [0.29, 0.717) is 6.42 Å². The lowest BCUT2D eigenvalue weighted by atomic mass is 9.91. The summed E-state index contributed by atoms with van der Waals surface area (Å²) in [7, 11) is 1.47. The maximum Gasteiger partial charge on any atom is 0.311 e. The first-order valence-corrected chi connectivity index (χ1v) is 37.6. The molecule has 0 aromatic heterocycles. The van der Waals surface area contributed by atoms with Crippen molar-refractivity contribution in [1.82, 2.24) is 0 Å². The molecule has 1 N–H and O–H groups in total. The van der Waals surface area contributed by atoms with E-state index in [-0.39, 0.29) is 24.0 Å². The number of esters is 2. The van der Waals surface area contributed by atoms with E-state index in [1.54, 1.807) is 0 Å². The van der Waals surface area contributed by atoms with Gasteiger partial charge in [-0.3, -0.25) is 9.59 Å². The summed E-state index contributed by atoms with van der Waals surface area (Å²) in [5.41, 5.74) is 0. The molecule has 0 aliphatic rings. The van der Waals surface area contributed by atoms with Crippen LogP contribution < -0.4 is 0 Å². The number of hydrogen-bond donors (Lipinski definition) is 1. The Balaban J connectivity index is 3.43. The van der Waals surface area contributed by atoms with Crippen LogP contribution in [0.4, 0.5) is 0 Å². The average Bonchev–Trinajstić information content (AvgIpc) is 3.46. The normalized spacial score (nSPS) is 12.9. The molecule has 3 atom stereocenters. The van der Waals surface area contributed by atoms with Crippen LogP contribution in [0.1, 0.15) is 438 Å². The molecule has 0 amide bonds. The molecule has 482 valence electrons. The summed E-state index contributed by atoms with van der Waals surface area (Å²) in [4.78, 5) is 24.8. The summed E-state index contributed by atoms with van der Waals surface area (Å²) in [5, 5.41) is 10.9. The molecule has 5 heteroatoms. The van der Waals surface area contributed by atoms with Gasteiger partial charge in [0, 0.05) is 6.42 Å². The van der Waals surface area contributed by atoms with Gasteiger partial charge in [-0.2, -0.15) is 0 Å². The predicted octanol–water partition coefficient (Wildman–Crippen LogP) is 26.0. The molecular weight excluding hydrogens is 993 g/mol. The minimum absolute atomic E-state index is 0.0199. The molecule has 3 unspecified atom stereocenters. The van der Waals surface area contributed by atoms with Crippen molar-refractivity contribution in [3.8, 4) is 0 Å². The Hall–Kier alpha value is -1.36. The van der Waals surface area contributed by atoms with Gasteiger partial charge in [-0.05, 0) is 64.7 Å². The van der Waals surface area contributed by atoms with Crippen molar-refractivity contribution in [1.29, 1.82) is 0 Å². The fraction of sp³-hybridized carbons (Fsp3) is 0.947. The van der Waals surface area contributed by atoms with E-state index in [0.717, 1.165) is 57.8 Å². The zero-order chi connectivity index (χ0) is 58.7. The van der Waals surface area contributed by atoms with Gasteiger partial charge in [-0.25, -0.2) is 0 Å². The Morgan fingerprint density at radius 2 is 0.556 bits per heavy atom. The maximum atomic E-state index is 12.5. The summed E-state index contributed by atoms with van der Waals surface area (Å²) in [5.74, 6) is -0.551. The Morgan fingerprint density at radius 1 is 0.321 bits per heavy atom. The first kappa shape index (κ1) is 79.6. The van der Waals surface area contributed by atoms with E-state index in [1.165, 1.54) is 360 Å². The molecule has 0 rings (SSSR count). The van der Waals surface area contributed by atoms with Crippen molar-refractivity contribution in [2.45, 2.75) is 450 Å². The fourth-order valence-electron chi connectivity index (χ4n) is 12.5. The van der Waals surface area contributed by atoms with Gasteiger partial charge in [0.1, 0.15) is 0 Å². The number of carbonyl (C=O) groups is 2. The summed E-state index contributed by atoms with van der Waals surface area (Å²) in [6, 6.07) is 0. The van der Waals surface area contributed by atoms with Gasteiger partial charge in [0.15, 0.2) is 0 Å². The van der Waals surface area contributed by atoms with Gasteiger partial charge in [0.25, 0.3) is 0 Å². The number of unbranched alkanes of at least 4 members (excludes halogenated alkanes) is 57. The van der Waals surface area contributed by atoms with Gasteiger partial charge >= 0.3 is 11.9 Å². The molecule has 0 aromatic rings. The summed E-state index contributed by atoms with van der Waals surface area (Å²) in [6.07, 6.45) is 89.7. The third-order valence-corrected chi connectivity index (χ3v) is 18.2. The molecule has 0 aliphatic heterocycles. The second-order valence-corrected chi connectivity index (χ2v) is 26.3. The highest BCUT2D eigenvalue weighted by molar-refractivity contribution is 5.72. The Kier molecular flexibility index (Phi) is 68.2. The van der Waals surface area contributed by atoms with Crippen LogP contribution in [-0.4, -0.2) is 36.4 Å². The number of ether oxygens (including phenoxy) is 2. The highest BCUT2D eigenvalue weighted by atomic mass is 16.5. The van der Waals surface area contributed by atoms with Gasteiger partial charge in [0.2, 0.25) is 0 Å². The first-order chi connectivity index (χ1) is 40.0. The van der Waals surface area contributed by atoms with Crippen molar-refractivity contribution in [2.75, 3.05) is 7.11 Å².